The number of nitrogens with zero attached hydrogens (tertiary/aromatic N) is 2. The molecule has 0 aliphatic carbocycles. The molecule has 3 atom stereocenters. The number of likely N-dealkylation sites (N-methyl/N-ethyl adjacent to an activating group) is 1. The summed E-state index contributed by atoms with van der Waals surface area (Å²) >= 11 is 0. The van der Waals surface area contributed by atoms with Gasteiger partial charge in [-0.3, -0.25) is 14.5 Å². The van der Waals surface area contributed by atoms with Gasteiger partial charge in [-0.05, 0) is 55.2 Å². The van der Waals surface area contributed by atoms with E-state index in [1.54, 1.807) is 49.4 Å². The van der Waals surface area contributed by atoms with Gasteiger partial charge in [-0.25, -0.2) is 4.39 Å². The van der Waals surface area contributed by atoms with Gasteiger partial charge in [0.2, 0.25) is 5.91 Å². The molecule has 1 heterocycles. The summed E-state index contributed by atoms with van der Waals surface area (Å²) in [6.45, 7) is 8.25. The molecule has 0 fully saturated rings. The summed E-state index contributed by atoms with van der Waals surface area (Å²) < 4.78 is 25.4. The van der Waals surface area contributed by atoms with Crippen molar-refractivity contribution in [2.24, 2.45) is 5.92 Å². The zero-order chi connectivity index (χ0) is 26.2. The Balaban J connectivity index is 1.91. The van der Waals surface area contributed by atoms with Crippen molar-refractivity contribution in [2.75, 3.05) is 39.2 Å². The topological polar surface area (TPSA) is 71.1 Å². The van der Waals surface area contributed by atoms with Crippen LogP contribution >= 0.6 is 0 Å². The number of anilines is 1. The van der Waals surface area contributed by atoms with Crippen molar-refractivity contribution < 1.29 is 23.5 Å². The Bertz CT molecular complexity index is 1030. The molecule has 0 bridgehead atoms. The van der Waals surface area contributed by atoms with E-state index in [-0.39, 0.29) is 35.7 Å². The molecule has 0 radical (unpaired) electrons. The SMILES string of the molecule is CCCC(=O)Nc1ccc2c(c1)C(=O)N(C)C[C@H](OC)[C@H](C)CN(Cc1ccc(F)cc1)[C@@H](C)CO2. The molecule has 196 valence electrons. The maximum Gasteiger partial charge on any atom is 0.257 e. The van der Waals surface area contributed by atoms with Gasteiger partial charge in [0.25, 0.3) is 5.91 Å². The highest BCUT2D eigenvalue weighted by Crippen LogP contribution is 2.27. The standard InChI is InChI=1S/C28H38FN3O4/c1-6-7-27(33)30-23-12-13-25-24(14-23)28(34)31(4)17-26(35-5)19(2)15-32(20(3)18-36-25)16-21-8-10-22(29)11-9-21/h8-14,19-20,26H,6-7,15-18H2,1-5H3,(H,30,33)/t19-,20+,26+/m1/s1. The molecule has 36 heavy (non-hydrogen) atoms. The van der Waals surface area contributed by atoms with E-state index in [1.165, 1.54) is 12.1 Å². The van der Waals surface area contributed by atoms with E-state index in [9.17, 15) is 14.0 Å². The first-order chi connectivity index (χ1) is 17.2. The third-order valence-electron chi connectivity index (χ3n) is 6.63. The van der Waals surface area contributed by atoms with Crippen LogP contribution in [0.2, 0.25) is 0 Å². The number of ether oxygens (including phenoxy) is 2. The molecule has 0 aromatic heterocycles. The van der Waals surface area contributed by atoms with E-state index < -0.39 is 0 Å². The quantitative estimate of drug-likeness (QED) is 0.631. The summed E-state index contributed by atoms with van der Waals surface area (Å²) in [7, 11) is 3.41. The van der Waals surface area contributed by atoms with Crippen LogP contribution in [0, 0.1) is 11.7 Å². The molecule has 0 spiro atoms. The third kappa shape index (κ3) is 7.27. The number of amides is 2. The molecule has 1 aliphatic rings. The molecular weight excluding hydrogens is 461 g/mol. The Morgan fingerprint density at radius 1 is 1.17 bits per heavy atom. The second-order valence-electron chi connectivity index (χ2n) is 9.66. The Hall–Kier alpha value is -2.97. The first kappa shape index (κ1) is 27.6. The lowest BCUT2D eigenvalue weighted by molar-refractivity contribution is -0.116. The number of hydrogen-bond donors (Lipinski definition) is 1. The van der Waals surface area contributed by atoms with Crippen LogP contribution < -0.4 is 10.1 Å². The molecule has 3 rings (SSSR count). The molecule has 2 amide bonds. The highest BCUT2D eigenvalue weighted by Gasteiger charge is 2.28. The normalized spacial score (nSPS) is 21.7. The first-order valence-electron chi connectivity index (χ1n) is 12.5. The summed E-state index contributed by atoms with van der Waals surface area (Å²) in [6, 6.07) is 11.7. The summed E-state index contributed by atoms with van der Waals surface area (Å²) in [6.07, 6.45) is 0.971. The van der Waals surface area contributed by atoms with Crippen LogP contribution in [0.1, 0.15) is 49.5 Å². The molecule has 1 aliphatic heterocycles. The van der Waals surface area contributed by atoms with Crippen molar-refractivity contribution in [2.45, 2.75) is 52.3 Å². The van der Waals surface area contributed by atoms with Gasteiger partial charge in [0.1, 0.15) is 18.2 Å². The lowest BCUT2D eigenvalue weighted by Crippen LogP contribution is -2.46. The molecule has 1 N–H and O–H groups in total. The first-order valence-corrected chi connectivity index (χ1v) is 12.5. The summed E-state index contributed by atoms with van der Waals surface area (Å²) in [5, 5.41) is 2.86. The monoisotopic (exact) mass is 499 g/mol. The number of nitrogens with one attached hydrogen (secondary N) is 1. The van der Waals surface area contributed by atoms with Gasteiger partial charge >= 0.3 is 0 Å². The average molecular weight is 500 g/mol. The molecule has 2 aromatic rings. The van der Waals surface area contributed by atoms with Crippen molar-refractivity contribution in [3.63, 3.8) is 0 Å². The van der Waals surface area contributed by atoms with E-state index in [1.807, 2.05) is 6.92 Å². The molecule has 0 saturated heterocycles. The largest absolute Gasteiger partial charge is 0.491 e. The third-order valence-corrected chi connectivity index (χ3v) is 6.63. The maximum atomic E-state index is 13.4. The van der Waals surface area contributed by atoms with Crippen molar-refractivity contribution >= 4 is 17.5 Å². The van der Waals surface area contributed by atoms with E-state index in [4.69, 9.17) is 9.47 Å². The van der Waals surface area contributed by atoms with Crippen LogP contribution in [0.15, 0.2) is 42.5 Å². The van der Waals surface area contributed by atoms with Crippen LogP contribution in [0.5, 0.6) is 5.75 Å². The van der Waals surface area contributed by atoms with Crippen molar-refractivity contribution in [3.8, 4) is 5.75 Å². The Morgan fingerprint density at radius 2 is 1.89 bits per heavy atom. The fourth-order valence-corrected chi connectivity index (χ4v) is 4.42. The second-order valence-corrected chi connectivity index (χ2v) is 9.66. The van der Waals surface area contributed by atoms with Gasteiger partial charge in [-0.1, -0.05) is 26.0 Å². The van der Waals surface area contributed by atoms with Crippen molar-refractivity contribution in [1.82, 2.24) is 9.80 Å². The average Bonchev–Trinajstić information content (AvgIpc) is 2.86. The van der Waals surface area contributed by atoms with Crippen LogP contribution in [0.4, 0.5) is 10.1 Å². The Labute approximate surface area is 213 Å². The zero-order valence-corrected chi connectivity index (χ0v) is 21.9. The van der Waals surface area contributed by atoms with Crippen LogP contribution in [-0.2, 0) is 16.1 Å². The number of hydrogen-bond acceptors (Lipinski definition) is 5. The summed E-state index contributed by atoms with van der Waals surface area (Å²) in [5.74, 6) is 0.0438. The number of rotatable bonds is 6. The van der Waals surface area contributed by atoms with Crippen molar-refractivity contribution in [1.29, 1.82) is 0 Å². The Morgan fingerprint density at radius 3 is 2.56 bits per heavy atom. The number of halogens is 1. The molecule has 0 unspecified atom stereocenters. The minimum Gasteiger partial charge on any atom is -0.491 e. The molecule has 2 aromatic carbocycles. The van der Waals surface area contributed by atoms with E-state index in [0.717, 1.165) is 18.5 Å². The number of benzene rings is 2. The van der Waals surface area contributed by atoms with Gasteiger partial charge in [0.15, 0.2) is 0 Å². The van der Waals surface area contributed by atoms with Gasteiger partial charge in [-0.2, -0.15) is 0 Å². The fraction of sp³-hybridized carbons (Fsp3) is 0.500. The maximum absolute atomic E-state index is 13.4. The predicted octanol–water partition coefficient (Wildman–Crippen LogP) is 4.57. The van der Waals surface area contributed by atoms with Gasteiger partial charge < -0.3 is 19.7 Å². The number of fused-ring (bicyclic) bond motifs is 1. The van der Waals surface area contributed by atoms with Crippen LogP contribution in [-0.4, -0.2) is 67.6 Å². The van der Waals surface area contributed by atoms with Crippen LogP contribution in [0.25, 0.3) is 0 Å². The van der Waals surface area contributed by atoms with E-state index in [2.05, 4.69) is 24.1 Å². The number of carbonyl (C=O) groups excluding carboxylic acids is 2. The van der Waals surface area contributed by atoms with Gasteiger partial charge in [0, 0.05) is 51.9 Å². The smallest absolute Gasteiger partial charge is 0.257 e. The van der Waals surface area contributed by atoms with Crippen LogP contribution in [0.3, 0.4) is 0 Å². The van der Waals surface area contributed by atoms with Crippen molar-refractivity contribution in [3.05, 3.63) is 59.4 Å². The highest BCUT2D eigenvalue weighted by molar-refractivity contribution is 5.99. The molecule has 8 heteroatoms. The summed E-state index contributed by atoms with van der Waals surface area (Å²) in [4.78, 5) is 29.5. The highest BCUT2D eigenvalue weighted by atomic mass is 19.1. The minimum absolute atomic E-state index is 0.0130. The Kier molecular flexibility index (Phi) is 9.84. The predicted molar refractivity (Wildman–Crippen MR) is 139 cm³/mol. The molecular formula is C28H38FN3O4. The number of methoxy groups -OCH3 is 1. The van der Waals surface area contributed by atoms with Gasteiger partial charge in [0.05, 0.1) is 11.7 Å². The number of carbonyl (C=O) groups is 2. The summed E-state index contributed by atoms with van der Waals surface area (Å²) in [5.41, 5.74) is 1.97. The second kappa shape index (κ2) is 12.8. The van der Waals surface area contributed by atoms with Gasteiger partial charge in [-0.15, -0.1) is 0 Å². The van der Waals surface area contributed by atoms with E-state index >= 15 is 0 Å². The lowest BCUT2D eigenvalue weighted by atomic mass is 10.0. The zero-order valence-electron chi connectivity index (χ0n) is 21.9. The van der Waals surface area contributed by atoms with E-state index in [0.29, 0.717) is 43.1 Å². The lowest BCUT2D eigenvalue weighted by Gasteiger charge is -2.36. The minimum atomic E-state index is -0.258. The molecule has 7 nitrogen and oxygen atoms in total. The molecule has 0 saturated carbocycles. The fourth-order valence-electron chi connectivity index (χ4n) is 4.42.